The first-order valence-corrected chi connectivity index (χ1v) is 8.67. The number of carbonyl (C=O) groups is 1. The molecule has 1 aromatic rings. The van der Waals surface area contributed by atoms with E-state index < -0.39 is 6.10 Å². The molecular weight excluding hydrogens is 310 g/mol. The van der Waals surface area contributed by atoms with Crippen molar-refractivity contribution in [3.63, 3.8) is 0 Å². The van der Waals surface area contributed by atoms with Crippen LogP contribution in [0.4, 0.5) is 0 Å². The van der Waals surface area contributed by atoms with Crippen LogP contribution in [0.15, 0.2) is 4.52 Å². The number of piperazine rings is 1. The summed E-state index contributed by atoms with van der Waals surface area (Å²) in [6.07, 6.45) is -0.486. The zero-order chi connectivity index (χ0) is 17.7. The van der Waals surface area contributed by atoms with Crippen LogP contribution in [0, 0.1) is 6.92 Å². The lowest BCUT2D eigenvalue weighted by Gasteiger charge is -2.35. The van der Waals surface area contributed by atoms with Crippen LogP contribution in [0.1, 0.15) is 48.5 Å². The lowest BCUT2D eigenvalue weighted by atomic mass is 10.0. The van der Waals surface area contributed by atoms with E-state index in [2.05, 4.69) is 10.1 Å². The molecule has 0 spiro atoms. The maximum Gasteiger partial charge on any atom is 0.259 e. The monoisotopic (exact) mass is 339 g/mol. The number of β-amino-alcohol motifs (C(OH)–C–C–N with tert-alkyl or cyclic N) is 1. The van der Waals surface area contributed by atoms with Crippen LogP contribution >= 0.6 is 0 Å². The summed E-state index contributed by atoms with van der Waals surface area (Å²) in [6.45, 7) is 12.0. The predicted octanol–water partition coefficient (Wildman–Crippen LogP) is 1.26. The number of aromatic nitrogens is 1. The number of rotatable bonds is 7. The van der Waals surface area contributed by atoms with Crippen molar-refractivity contribution in [3.05, 3.63) is 17.0 Å². The van der Waals surface area contributed by atoms with Crippen molar-refractivity contribution in [3.8, 4) is 0 Å². The molecule has 0 saturated carbocycles. The second-order valence-electron chi connectivity index (χ2n) is 6.57. The molecule has 7 heteroatoms. The van der Waals surface area contributed by atoms with Gasteiger partial charge >= 0.3 is 0 Å². The van der Waals surface area contributed by atoms with Crippen molar-refractivity contribution < 1.29 is 19.2 Å². The Hall–Kier alpha value is -1.44. The van der Waals surface area contributed by atoms with Gasteiger partial charge in [0, 0.05) is 45.2 Å². The van der Waals surface area contributed by atoms with Gasteiger partial charge in [-0.1, -0.05) is 19.0 Å². The number of aliphatic hydroxyl groups is 1. The molecule has 1 aliphatic rings. The minimum absolute atomic E-state index is 0.00744. The minimum Gasteiger partial charge on any atom is -0.389 e. The second kappa shape index (κ2) is 8.60. The number of hydrogen-bond acceptors (Lipinski definition) is 6. The third-order valence-corrected chi connectivity index (χ3v) is 4.27. The molecule has 1 saturated heterocycles. The van der Waals surface area contributed by atoms with E-state index in [1.165, 1.54) is 0 Å². The molecule has 0 radical (unpaired) electrons. The van der Waals surface area contributed by atoms with E-state index in [1.807, 2.05) is 32.6 Å². The largest absolute Gasteiger partial charge is 0.389 e. The Labute approximate surface area is 143 Å². The first-order chi connectivity index (χ1) is 11.4. The Morgan fingerprint density at radius 1 is 1.33 bits per heavy atom. The van der Waals surface area contributed by atoms with Crippen LogP contribution in [0.2, 0.25) is 0 Å². The molecule has 1 atom stereocenters. The highest BCUT2D eigenvalue weighted by molar-refractivity contribution is 5.96. The van der Waals surface area contributed by atoms with E-state index in [0.717, 1.165) is 13.1 Å². The Kier molecular flexibility index (Phi) is 6.77. The molecule has 1 unspecified atom stereocenters. The number of nitrogens with zero attached hydrogens (tertiary/aromatic N) is 3. The van der Waals surface area contributed by atoms with Crippen LogP contribution in [0.3, 0.4) is 0 Å². The average molecular weight is 339 g/mol. The lowest BCUT2D eigenvalue weighted by Crippen LogP contribution is -2.51. The van der Waals surface area contributed by atoms with Gasteiger partial charge in [-0.3, -0.25) is 9.69 Å². The summed E-state index contributed by atoms with van der Waals surface area (Å²) in [5, 5.41) is 13.9. The molecule has 2 rings (SSSR count). The van der Waals surface area contributed by atoms with E-state index >= 15 is 0 Å². The van der Waals surface area contributed by atoms with Gasteiger partial charge in [0.05, 0.1) is 18.4 Å². The molecule has 1 aromatic heterocycles. The molecule has 0 aliphatic carbocycles. The Morgan fingerprint density at radius 2 is 2.00 bits per heavy atom. The predicted molar refractivity (Wildman–Crippen MR) is 90.2 cm³/mol. The van der Waals surface area contributed by atoms with E-state index in [0.29, 0.717) is 49.9 Å². The Balaban J connectivity index is 1.90. The summed E-state index contributed by atoms with van der Waals surface area (Å²) >= 11 is 0. The third kappa shape index (κ3) is 4.55. The first kappa shape index (κ1) is 18.9. The number of hydrogen-bond donors (Lipinski definition) is 1. The topological polar surface area (TPSA) is 79.0 Å². The van der Waals surface area contributed by atoms with E-state index in [1.54, 1.807) is 0 Å². The molecule has 1 amide bonds. The standard InChI is InChI=1S/C17H29N3O4/c1-5-23-11-14(21)10-19-6-8-20(9-7-19)17(22)15-13(4)18-24-16(15)12(2)3/h12,14,21H,5-11H2,1-4H3. The molecule has 2 heterocycles. The van der Waals surface area contributed by atoms with Gasteiger partial charge in [-0.2, -0.15) is 0 Å². The quantitative estimate of drug-likeness (QED) is 0.806. The molecule has 7 nitrogen and oxygen atoms in total. The van der Waals surface area contributed by atoms with Crippen molar-refractivity contribution >= 4 is 5.91 Å². The average Bonchev–Trinajstić information content (AvgIpc) is 2.95. The summed E-state index contributed by atoms with van der Waals surface area (Å²) in [7, 11) is 0. The normalized spacial score (nSPS) is 17.5. The van der Waals surface area contributed by atoms with Gasteiger partial charge in [0.1, 0.15) is 5.56 Å². The Bertz CT molecular complexity index is 536. The molecule has 0 bridgehead atoms. The van der Waals surface area contributed by atoms with Crippen LogP contribution in [-0.2, 0) is 4.74 Å². The van der Waals surface area contributed by atoms with Gasteiger partial charge in [0.25, 0.3) is 5.91 Å². The van der Waals surface area contributed by atoms with Crippen molar-refractivity contribution in [1.82, 2.24) is 15.0 Å². The van der Waals surface area contributed by atoms with Crippen LogP contribution in [0.25, 0.3) is 0 Å². The molecular formula is C17H29N3O4. The van der Waals surface area contributed by atoms with Crippen LogP contribution in [0.5, 0.6) is 0 Å². The number of carbonyl (C=O) groups excluding carboxylic acids is 1. The summed E-state index contributed by atoms with van der Waals surface area (Å²) in [5.41, 5.74) is 1.26. The van der Waals surface area contributed by atoms with Gasteiger partial charge in [-0.15, -0.1) is 0 Å². The third-order valence-electron chi connectivity index (χ3n) is 4.27. The van der Waals surface area contributed by atoms with Gasteiger partial charge in [0.15, 0.2) is 5.76 Å². The molecule has 1 N–H and O–H groups in total. The fourth-order valence-corrected chi connectivity index (χ4v) is 2.94. The summed E-state index contributed by atoms with van der Waals surface area (Å²) < 4.78 is 10.6. The zero-order valence-electron chi connectivity index (χ0n) is 15.1. The van der Waals surface area contributed by atoms with E-state index in [9.17, 15) is 9.90 Å². The van der Waals surface area contributed by atoms with Gasteiger partial charge < -0.3 is 19.3 Å². The smallest absolute Gasteiger partial charge is 0.259 e. The van der Waals surface area contributed by atoms with Crippen LogP contribution in [-0.4, -0.2) is 78.0 Å². The summed E-state index contributed by atoms with van der Waals surface area (Å²) in [6, 6.07) is 0. The summed E-state index contributed by atoms with van der Waals surface area (Å²) in [4.78, 5) is 16.8. The SMILES string of the molecule is CCOCC(O)CN1CCN(C(=O)c2c(C)noc2C(C)C)CC1. The van der Waals surface area contributed by atoms with Crippen LogP contribution < -0.4 is 0 Å². The lowest BCUT2D eigenvalue weighted by molar-refractivity contribution is 0.0111. The number of aliphatic hydroxyl groups excluding tert-OH is 1. The van der Waals surface area contributed by atoms with Crippen molar-refractivity contribution in [2.45, 2.75) is 39.7 Å². The maximum atomic E-state index is 12.8. The molecule has 0 aromatic carbocycles. The van der Waals surface area contributed by atoms with Gasteiger partial charge in [0.2, 0.25) is 0 Å². The number of amides is 1. The highest BCUT2D eigenvalue weighted by atomic mass is 16.5. The maximum absolute atomic E-state index is 12.8. The molecule has 136 valence electrons. The van der Waals surface area contributed by atoms with E-state index in [4.69, 9.17) is 9.26 Å². The molecule has 24 heavy (non-hydrogen) atoms. The van der Waals surface area contributed by atoms with Crippen molar-refractivity contribution in [2.24, 2.45) is 0 Å². The number of ether oxygens (including phenoxy) is 1. The summed E-state index contributed by atoms with van der Waals surface area (Å²) in [5.74, 6) is 0.777. The molecule has 1 aliphatic heterocycles. The highest BCUT2D eigenvalue weighted by Gasteiger charge is 2.29. The van der Waals surface area contributed by atoms with Crippen molar-refractivity contribution in [2.75, 3.05) is 45.9 Å². The Morgan fingerprint density at radius 3 is 2.58 bits per heavy atom. The molecule has 1 fully saturated rings. The zero-order valence-corrected chi connectivity index (χ0v) is 15.1. The van der Waals surface area contributed by atoms with Gasteiger partial charge in [-0.05, 0) is 13.8 Å². The first-order valence-electron chi connectivity index (χ1n) is 8.67. The fourth-order valence-electron chi connectivity index (χ4n) is 2.94. The van der Waals surface area contributed by atoms with Gasteiger partial charge in [-0.25, -0.2) is 0 Å². The number of aryl methyl sites for hydroxylation is 1. The second-order valence-corrected chi connectivity index (χ2v) is 6.57. The minimum atomic E-state index is -0.486. The van der Waals surface area contributed by atoms with E-state index in [-0.39, 0.29) is 11.8 Å². The highest BCUT2D eigenvalue weighted by Crippen LogP contribution is 2.24. The fraction of sp³-hybridized carbons (Fsp3) is 0.765. The van der Waals surface area contributed by atoms with Crippen molar-refractivity contribution in [1.29, 1.82) is 0 Å².